The number of rotatable bonds is 9. The zero-order valence-electron chi connectivity index (χ0n) is 11.6. The van der Waals surface area contributed by atoms with Crippen molar-refractivity contribution in [2.45, 2.75) is 13.0 Å². The van der Waals surface area contributed by atoms with Gasteiger partial charge in [-0.05, 0) is 18.5 Å². The van der Waals surface area contributed by atoms with Gasteiger partial charge in [-0.25, -0.2) is 13.1 Å². The SMILES string of the molecule is CS(=O)(=O)NCCCNCC(=O)NCc1ccccc1. The van der Waals surface area contributed by atoms with Crippen molar-refractivity contribution in [3.63, 3.8) is 0 Å². The highest BCUT2D eigenvalue weighted by Crippen LogP contribution is 1.96. The van der Waals surface area contributed by atoms with E-state index in [4.69, 9.17) is 0 Å². The summed E-state index contributed by atoms with van der Waals surface area (Å²) in [4.78, 5) is 11.5. The van der Waals surface area contributed by atoms with Gasteiger partial charge in [0.2, 0.25) is 15.9 Å². The summed E-state index contributed by atoms with van der Waals surface area (Å²) < 4.78 is 24.0. The molecule has 1 rings (SSSR count). The molecule has 0 unspecified atom stereocenters. The van der Waals surface area contributed by atoms with Crippen LogP contribution in [0.3, 0.4) is 0 Å². The molecule has 0 spiro atoms. The van der Waals surface area contributed by atoms with E-state index >= 15 is 0 Å². The van der Waals surface area contributed by atoms with Crippen LogP contribution in [0, 0.1) is 0 Å². The van der Waals surface area contributed by atoms with Crippen LogP contribution < -0.4 is 15.4 Å². The van der Waals surface area contributed by atoms with Gasteiger partial charge >= 0.3 is 0 Å². The van der Waals surface area contributed by atoms with E-state index in [1.165, 1.54) is 0 Å². The van der Waals surface area contributed by atoms with Crippen LogP contribution >= 0.6 is 0 Å². The number of carbonyl (C=O) groups is 1. The van der Waals surface area contributed by atoms with Crippen molar-refractivity contribution in [3.8, 4) is 0 Å². The Bertz CT molecular complexity index is 503. The summed E-state index contributed by atoms with van der Waals surface area (Å²) in [6.45, 7) is 1.70. The van der Waals surface area contributed by atoms with E-state index in [0.717, 1.165) is 11.8 Å². The molecule has 7 heteroatoms. The summed E-state index contributed by atoms with van der Waals surface area (Å²) >= 11 is 0. The van der Waals surface area contributed by atoms with Gasteiger partial charge in [0.15, 0.2) is 0 Å². The van der Waals surface area contributed by atoms with Crippen molar-refractivity contribution in [2.24, 2.45) is 0 Å². The van der Waals surface area contributed by atoms with E-state index in [-0.39, 0.29) is 12.5 Å². The largest absolute Gasteiger partial charge is 0.351 e. The van der Waals surface area contributed by atoms with Crippen LogP contribution in [0.4, 0.5) is 0 Å². The topological polar surface area (TPSA) is 87.3 Å². The van der Waals surface area contributed by atoms with Crippen molar-refractivity contribution >= 4 is 15.9 Å². The zero-order chi connectivity index (χ0) is 14.8. The molecule has 0 bridgehead atoms. The predicted octanol–water partition coefficient (Wildman–Crippen LogP) is -0.168. The van der Waals surface area contributed by atoms with E-state index in [1.807, 2.05) is 30.3 Å². The fourth-order valence-corrected chi connectivity index (χ4v) is 2.05. The lowest BCUT2D eigenvalue weighted by Gasteiger charge is -2.07. The number of carbonyl (C=O) groups excluding carboxylic acids is 1. The molecule has 6 nitrogen and oxygen atoms in total. The number of hydrogen-bond donors (Lipinski definition) is 3. The minimum atomic E-state index is -3.12. The van der Waals surface area contributed by atoms with Crippen LogP contribution in [0.5, 0.6) is 0 Å². The predicted molar refractivity (Wildman–Crippen MR) is 78.6 cm³/mol. The number of amides is 1. The van der Waals surface area contributed by atoms with Crippen LogP contribution in [-0.2, 0) is 21.4 Å². The monoisotopic (exact) mass is 299 g/mol. The van der Waals surface area contributed by atoms with Gasteiger partial charge in [0.1, 0.15) is 0 Å². The summed E-state index contributed by atoms with van der Waals surface area (Å²) in [5, 5.41) is 5.76. The van der Waals surface area contributed by atoms with Crippen LogP contribution in [0.25, 0.3) is 0 Å². The molecule has 20 heavy (non-hydrogen) atoms. The summed E-state index contributed by atoms with van der Waals surface area (Å²) in [6, 6.07) is 9.68. The molecular weight excluding hydrogens is 278 g/mol. The normalized spacial score (nSPS) is 11.2. The molecule has 1 aromatic carbocycles. The van der Waals surface area contributed by atoms with E-state index in [1.54, 1.807) is 0 Å². The minimum absolute atomic E-state index is 0.0788. The molecule has 0 fully saturated rings. The third-order valence-corrected chi connectivity index (χ3v) is 3.24. The Morgan fingerprint density at radius 3 is 2.50 bits per heavy atom. The molecule has 0 heterocycles. The first-order valence-electron chi connectivity index (χ1n) is 6.43. The van der Waals surface area contributed by atoms with Gasteiger partial charge in [-0.15, -0.1) is 0 Å². The molecule has 0 saturated heterocycles. The molecule has 0 aromatic heterocycles. The number of hydrogen-bond acceptors (Lipinski definition) is 4. The van der Waals surface area contributed by atoms with Crippen LogP contribution in [0.2, 0.25) is 0 Å². The van der Waals surface area contributed by atoms with Gasteiger partial charge in [-0.3, -0.25) is 4.79 Å². The summed E-state index contributed by atoms with van der Waals surface area (Å²) in [5.74, 6) is -0.0788. The first-order valence-corrected chi connectivity index (χ1v) is 8.32. The summed E-state index contributed by atoms with van der Waals surface area (Å²) in [7, 11) is -3.12. The maximum atomic E-state index is 11.5. The highest BCUT2D eigenvalue weighted by Gasteiger charge is 2.01. The maximum Gasteiger partial charge on any atom is 0.234 e. The van der Waals surface area contributed by atoms with Crippen molar-refractivity contribution in [1.29, 1.82) is 0 Å². The Morgan fingerprint density at radius 2 is 1.85 bits per heavy atom. The molecule has 1 amide bonds. The van der Waals surface area contributed by atoms with Crippen LogP contribution in [0.15, 0.2) is 30.3 Å². The number of nitrogens with one attached hydrogen (secondary N) is 3. The first kappa shape index (κ1) is 16.6. The minimum Gasteiger partial charge on any atom is -0.351 e. The van der Waals surface area contributed by atoms with Crippen molar-refractivity contribution in [3.05, 3.63) is 35.9 Å². The van der Waals surface area contributed by atoms with E-state index in [0.29, 0.717) is 26.1 Å². The second-order valence-corrected chi connectivity index (χ2v) is 6.29. The Balaban J connectivity index is 2.03. The Labute approximate surface area is 120 Å². The van der Waals surface area contributed by atoms with Crippen LogP contribution in [0.1, 0.15) is 12.0 Å². The fraction of sp³-hybridized carbons (Fsp3) is 0.462. The highest BCUT2D eigenvalue weighted by atomic mass is 32.2. The lowest BCUT2D eigenvalue weighted by Crippen LogP contribution is -2.35. The smallest absolute Gasteiger partial charge is 0.234 e. The van der Waals surface area contributed by atoms with Gasteiger partial charge < -0.3 is 10.6 Å². The molecule has 0 aliphatic rings. The Kier molecular flexibility index (Phi) is 7.21. The molecule has 0 radical (unpaired) electrons. The quantitative estimate of drug-likeness (QED) is 0.553. The molecule has 0 atom stereocenters. The molecule has 1 aromatic rings. The lowest BCUT2D eigenvalue weighted by atomic mass is 10.2. The average Bonchev–Trinajstić information content (AvgIpc) is 2.40. The van der Waals surface area contributed by atoms with E-state index < -0.39 is 10.0 Å². The van der Waals surface area contributed by atoms with Gasteiger partial charge in [-0.1, -0.05) is 30.3 Å². The second kappa shape index (κ2) is 8.68. The third kappa shape index (κ3) is 8.63. The van der Waals surface area contributed by atoms with Crippen molar-refractivity contribution in [1.82, 2.24) is 15.4 Å². The molecule has 0 aliphatic carbocycles. The number of sulfonamides is 1. The molecule has 0 saturated carbocycles. The zero-order valence-corrected chi connectivity index (χ0v) is 12.4. The molecule has 3 N–H and O–H groups in total. The Morgan fingerprint density at radius 1 is 1.15 bits per heavy atom. The fourth-order valence-electron chi connectivity index (χ4n) is 1.53. The average molecular weight is 299 g/mol. The highest BCUT2D eigenvalue weighted by molar-refractivity contribution is 7.88. The van der Waals surface area contributed by atoms with Gasteiger partial charge in [0.05, 0.1) is 12.8 Å². The van der Waals surface area contributed by atoms with Gasteiger partial charge in [-0.2, -0.15) is 0 Å². The van der Waals surface area contributed by atoms with Crippen molar-refractivity contribution < 1.29 is 13.2 Å². The molecule has 112 valence electrons. The second-order valence-electron chi connectivity index (χ2n) is 4.46. The van der Waals surface area contributed by atoms with Gasteiger partial charge in [0, 0.05) is 13.1 Å². The Hall–Kier alpha value is -1.44. The summed E-state index contributed by atoms with van der Waals surface area (Å²) in [6.07, 6.45) is 1.76. The summed E-state index contributed by atoms with van der Waals surface area (Å²) in [5.41, 5.74) is 1.05. The van der Waals surface area contributed by atoms with Crippen LogP contribution in [-0.4, -0.2) is 40.2 Å². The number of benzene rings is 1. The van der Waals surface area contributed by atoms with E-state index in [9.17, 15) is 13.2 Å². The standard InChI is InChI=1S/C13H21N3O3S/c1-20(18,19)16-9-5-8-14-11-13(17)15-10-12-6-3-2-4-7-12/h2-4,6-7,14,16H,5,8-11H2,1H3,(H,15,17). The third-order valence-electron chi connectivity index (χ3n) is 2.51. The van der Waals surface area contributed by atoms with Crippen molar-refractivity contribution in [2.75, 3.05) is 25.9 Å². The van der Waals surface area contributed by atoms with E-state index in [2.05, 4.69) is 15.4 Å². The first-order chi connectivity index (χ1) is 9.47. The molecule has 0 aliphatic heterocycles. The van der Waals surface area contributed by atoms with Gasteiger partial charge in [0.25, 0.3) is 0 Å². The lowest BCUT2D eigenvalue weighted by molar-refractivity contribution is -0.120. The maximum absolute atomic E-state index is 11.5. The molecular formula is C13H21N3O3S.